The molecular formula is C45H78N2O6P+. The maximum Gasteiger partial charge on any atom is 0.472 e. The van der Waals surface area contributed by atoms with Crippen LogP contribution in [0.1, 0.15) is 129 Å². The molecule has 54 heavy (non-hydrogen) atoms. The van der Waals surface area contributed by atoms with Crippen LogP contribution in [-0.2, 0) is 18.4 Å². The van der Waals surface area contributed by atoms with Gasteiger partial charge in [-0.05, 0) is 70.6 Å². The SMILES string of the molecule is CC/C=C\C/C=C\C/C=C\C/C=C\C/C=C\C/C=C\CCC(=O)NC(COP(=O)(O)OCC[N+](C)(C)C)C(O)/C=C/CC/C=C/CCCCCCCCC. The predicted octanol–water partition coefficient (Wildman–Crippen LogP) is 11.2. The van der Waals surface area contributed by atoms with E-state index in [-0.39, 0.29) is 25.5 Å². The fraction of sp³-hybridized carbons (Fsp3) is 0.622. The summed E-state index contributed by atoms with van der Waals surface area (Å²) in [4.78, 5) is 23.0. The second kappa shape index (κ2) is 36.1. The van der Waals surface area contributed by atoms with Crippen LogP contribution in [0.3, 0.4) is 0 Å². The smallest absolute Gasteiger partial charge is 0.387 e. The van der Waals surface area contributed by atoms with Crippen molar-refractivity contribution < 1.29 is 32.9 Å². The molecule has 0 aromatic carbocycles. The first-order valence-corrected chi connectivity index (χ1v) is 22.1. The van der Waals surface area contributed by atoms with Crippen molar-refractivity contribution in [1.29, 1.82) is 0 Å². The highest BCUT2D eigenvalue weighted by molar-refractivity contribution is 7.47. The molecule has 0 spiro atoms. The van der Waals surface area contributed by atoms with Gasteiger partial charge in [0.1, 0.15) is 13.2 Å². The Balaban J connectivity index is 4.68. The minimum Gasteiger partial charge on any atom is -0.387 e. The summed E-state index contributed by atoms with van der Waals surface area (Å²) in [5.74, 6) is -0.275. The zero-order chi connectivity index (χ0) is 40.0. The fourth-order valence-corrected chi connectivity index (χ4v) is 5.75. The highest BCUT2D eigenvalue weighted by Gasteiger charge is 2.27. The van der Waals surface area contributed by atoms with Crippen LogP contribution in [0.5, 0.6) is 0 Å². The van der Waals surface area contributed by atoms with Gasteiger partial charge in [-0.15, -0.1) is 0 Å². The molecule has 308 valence electrons. The molecule has 0 aliphatic carbocycles. The topological polar surface area (TPSA) is 105 Å². The lowest BCUT2D eigenvalue weighted by molar-refractivity contribution is -0.870. The number of phosphoric ester groups is 1. The molecule has 0 aromatic heterocycles. The summed E-state index contributed by atoms with van der Waals surface area (Å²) < 4.78 is 23.4. The number of rotatable bonds is 35. The van der Waals surface area contributed by atoms with Gasteiger partial charge in [0.05, 0.1) is 39.9 Å². The second-order valence-electron chi connectivity index (χ2n) is 14.6. The first-order chi connectivity index (χ1) is 26.0. The van der Waals surface area contributed by atoms with Gasteiger partial charge in [0.25, 0.3) is 0 Å². The molecule has 3 atom stereocenters. The number of aliphatic hydroxyl groups excluding tert-OH is 1. The summed E-state index contributed by atoms with van der Waals surface area (Å²) in [6.07, 6.45) is 50.6. The number of hydrogen-bond acceptors (Lipinski definition) is 5. The van der Waals surface area contributed by atoms with Crippen molar-refractivity contribution in [2.75, 3.05) is 40.9 Å². The van der Waals surface area contributed by atoms with Crippen LogP contribution < -0.4 is 5.32 Å². The number of allylic oxidation sites excluding steroid dienone is 15. The first kappa shape index (κ1) is 51.4. The van der Waals surface area contributed by atoms with Crippen LogP contribution in [-0.4, -0.2) is 73.4 Å². The molecular weight excluding hydrogens is 695 g/mol. The minimum absolute atomic E-state index is 0.0369. The molecule has 0 radical (unpaired) electrons. The average Bonchev–Trinajstić information content (AvgIpc) is 3.12. The van der Waals surface area contributed by atoms with Gasteiger partial charge in [-0.1, -0.05) is 150 Å². The van der Waals surface area contributed by atoms with E-state index in [0.29, 0.717) is 17.4 Å². The number of carbonyl (C=O) groups excluding carboxylic acids is 1. The normalized spacial score (nSPS) is 15.5. The minimum atomic E-state index is -4.37. The van der Waals surface area contributed by atoms with Gasteiger partial charge < -0.3 is 19.8 Å². The van der Waals surface area contributed by atoms with E-state index in [9.17, 15) is 19.4 Å². The largest absolute Gasteiger partial charge is 0.472 e. The van der Waals surface area contributed by atoms with Crippen LogP contribution in [0.25, 0.3) is 0 Å². The number of hydrogen-bond donors (Lipinski definition) is 3. The third-order valence-electron chi connectivity index (χ3n) is 8.30. The van der Waals surface area contributed by atoms with Crippen molar-refractivity contribution in [2.45, 2.75) is 142 Å². The van der Waals surface area contributed by atoms with Crippen molar-refractivity contribution in [3.8, 4) is 0 Å². The summed E-state index contributed by atoms with van der Waals surface area (Å²) in [6.45, 7) is 4.57. The lowest BCUT2D eigenvalue weighted by Gasteiger charge is -2.25. The molecule has 0 aliphatic rings. The van der Waals surface area contributed by atoms with Crippen molar-refractivity contribution >= 4 is 13.7 Å². The number of quaternary nitrogens is 1. The van der Waals surface area contributed by atoms with Crippen LogP contribution in [0.4, 0.5) is 0 Å². The monoisotopic (exact) mass is 774 g/mol. The fourth-order valence-electron chi connectivity index (χ4n) is 5.02. The molecule has 3 unspecified atom stereocenters. The van der Waals surface area contributed by atoms with Crippen molar-refractivity contribution in [3.05, 3.63) is 97.2 Å². The van der Waals surface area contributed by atoms with E-state index in [1.54, 1.807) is 6.08 Å². The third kappa shape index (κ3) is 37.7. The van der Waals surface area contributed by atoms with E-state index in [2.05, 4.69) is 92.1 Å². The van der Waals surface area contributed by atoms with Crippen LogP contribution in [0.15, 0.2) is 97.2 Å². The lowest BCUT2D eigenvalue weighted by Crippen LogP contribution is -2.45. The maximum absolute atomic E-state index is 12.8. The lowest BCUT2D eigenvalue weighted by atomic mass is 10.1. The van der Waals surface area contributed by atoms with E-state index < -0.39 is 20.0 Å². The summed E-state index contributed by atoms with van der Waals surface area (Å²) in [7, 11) is 1.49. The van der Waals surface area contributed by atoms with Crippen molar-refractivity contribution in [2.24, 2.45) is 0 Å². The Morgan fingerprint density at radius 3 is 1.69 bits per heavy atom. The Bertz CT molecular complexity index is 1190. The Morgan fingerprint density at radius 1 is 0.648 bits per heavy atom. The van der Waals surface area contributed by atoms with Gasteiger partial charge in [-0.3, -0.25) is 13.8 Å². The second-order valence-corrected chi connectivity index (χ2v) is 16.1. The summed E-state index contributed by atoms with van der Waals surface area (Å²) in [5.41, 5.74) is 0. The molecule has 8 nitrogen and oxygen atoms in total. The van der Waals surface area contributed by atoms with Crippen LogP contribution in [0.2, 0.25) is 0 Å². The van der Waals surface area contributed by atoms with E-state index in [1.807, 2.05) is 39.4 Å². The maximum atomic E-state index is 12.8. The standard InChI is InChI=1S/C45H77N2O6P/c1-6-8-10-12-14-16-18-20-21-22-23-24-25-27-29-31-33-35-37-39-45(49)46-43(42-53-54(50,51)52-41-40-47(3,4)5)44(48)38-36-34-32-30-28-26-19-17-15-13-11-9-7-2/h8,10,14,16,20-21,23-24,27-30,33,35-36,38,43-44,48H,6-7,9,11-13,15,17-19,22,25-26,31-32,34,37,39-42H2,1-5H3,(H-,46,49,50,51)/p+1/b10-8-,16-14-,21-20-,24-23-,29-27-,30-28+,35-33-,38-36+. The Hall–Kier alpha value is -2.58. The number of carbonyl (C=O) groups is 1. The Morgan fingerprint density at radius 2 is 1.13 bits per heavy atom. The molecule has 0 heterocycles. The zero-order valence-corrected chi connectivity index (χ0v) is 35.6. The molecule has 0 saturated heterocycles. The number of amides is 1. The Labute approximate surface area is 330 Å². The number of phosphoric acid groups is 1. The number of nitrogens with one attached hydrogen (secondary N) is 1. The van der Waals surface area contributed by atoms with E-state index in [4.69, 9.17) is 9.05 Å². The highest BCUT2D eigenvalue weighted by Crippen LogP contribution is 2.43. The van der Waals surface area contributed by atoms with E-state index >= 15 is 0 Å². The van der Waals surface area contributed by atoms with Gasteiger partial charge in [-0.2, -0.15) is 0 Å². The van der Waals surface area contributed by atoms with E-state index in [0.717, 1.165) is 57.8 Å². The van der Waals surface area contributed by atoms with Crippen LogP contribution >= 0.6 is 7.82 Å². The summed E-state index contributed by atoms with van der Waals surface area (Å²) >= 11 is 0. The van der Waals surface area contributed by atoms with E-state index in [1.165, 1.54) is 44.9 Å². The quantitative estimate of drug-likeness (QED) is 0.0256. The molecule has 9 heteroatoms. The molecule has 0 saturated carbocycles. The highest BCUT2D eigenvalue weighted by atomic mass is 31.2. The van der Waals surface area contributed by atoms with Gasteiger partial charge in [0.2, 0.25) is 5.91 Å². The van der Waals surface area contributed by atoms with Crippen molar-refractivity contribution in [3.63, 3.8) is 0 Å². The predicted molar refractivity (Wildman–Crippen MR) is 230 cm³/mol. The van der Waals surface area contributed by atoms with Crippen molar-refractivity contribution in [1.82, 2.24) is 5.32 Å². The number of likely N-dealkylation sites (N-methyl/N-ethyl adjacent to an activating group) is 1. The summed E-state index contributed by atoms with van der Waals surface area (Å²) in [5, 5.41) is 13.7. The molecule has 1 amide bonds. The van der Waals surface area contributed by atoms with Gasteiger partial charge in [0, 0.05) is 6.42 Å². The number of nitrogens with zero attached hydrogens (tertiary/aromatic N) is 1. The molecule has 0 rings (SSSR count). The average molecular weight is 774 g/mol. The van der Waals surface area contributed by atoms with Crippen LogP contribution in [0, 0.1) is 0 Å². The third-order valence-corrected chi connectivity index (χ3v) is 9.29. The first-order valence-electron chi connectivity index (χ1n) is 20.6. The number of unbranched alkanes of at least 4 members (excludes halogenated alkanes) is 8. The zero-order valence-electron chi connectivity index (χ0n) is 34.7. The molecule has 0 aromatic rings. The molecule has 0 aliphatic heterocycles. The van der Waals surface area contributed by atoms with Gasteiger partial charge in [0.15, 0.2) is 0 Å². The van der Waals surface area contributed by atoms with Gasteiger partial charge >= 0.3 is 7.82 Å². The summed E-state index contributed by atoms with van der Waals surface area (Å²) in [6, 6.07) is -0.908. The molecule has 0 bridgehead atoms. The molecule has 3 N–H and O–H groups in total. The van der Waals surface area contributed by atoms with Gasteiger partial charge in [-0.25, -0.2) is 4.57 Å². The number of aliphatic hydroxyl groups is 1. The Kier molecular flexibility index (Phi) is 34.4. The molecule has 0 fully saturated rings.